The summed E-state index contributed by atoms with van der Waals surface area (Å²) in [6.45, 7) is 2.19. The number of nitrogens with zero attached hydrogens (tertiary/aromatic N) is 4. The first-order chi connectivity index (χ1) is 21.2. The molecule has 3 amide bonds. The number of carbonyl (C=O) groups is 2. The van der Waals surface area contributed by atoms with E-state index < -0.39 is 17.8 Å². The molecule has 44 heavy (non-hydrogen) atoms. The van der Waals surface area contributed by atoms with E-state index in [9.17, 15) is 22.8 Å². The number of rotatable bonds is 7. The topological polar surface area (TPSA) is 121 Å². The number of carbonyl (C=O) groups excluding carboxylic acids is 2. The van der Waals surface area contributed by atoms with Crippen molar-refractivity contribution in [2.24, 2.45) is 0 Å². The van der Waals surface area contributed by atoms with Crippen LogP contribution in [0.2, 0.25) is 0 Å². The lowest BCUT2D eigenvalue weighted by Crippen LogP contribution is -2.28. The Balaban J connectivity index is 1.07. The number of halogens is 3. The van der Waals surface area contributed by atoms with Crippen molar-refractivity contribution in [2.45, 2.75) is 37.8 Å². The average molecular weight is 624 g/mol. The van der Waals surface area contributed by atoms with Crippen LogP contribution in [0.25, 0.3) is 10.4 Å². The molecule has 0 spiro atoms. The van der Waals surface area contributed by atoms with Crippen LogP contribution < -0.4 is 25.6 Å². The molecule has 6 rings (SSSR count). The third-order valence-corrected chi connectivity index (χ3v) is 8.51. The lowest BCUT2D eigenvalue weighted by atomic mass is 9.88. The standard InChI is InChI=1S/C30H28F3N7O3S/c31-30(32,33)20-5-8-23(18-9-11-34-12-10-18)24(14-20)39-27(42)38-21-15-35-28(36-16-21)43-22-6-3-19(4-7-22)25-17-37-29(44-25)40-13-1-2-26(40)41/h3-8,14-18,34H,1-2,9-13H2,(H2,38,39,42). The number of anilines is 3. The average Bonchev–Trinajstić information content (AvgIpc) is 3.67. The number of piperidine rings is 1. The highest BCUT2D eigenvalue weighted by atomic mass is 32.1. The van der Waals surface area contributed by atoms with Crippen molar-refractivity contribution in [1.82, 2.24) is 20.3 Å². The minimum Gasteiger partial charge on any atom is -0.424 e. The van der Waals surface area contributed by atoms with Crippen LogP contribution in [-0.2, 0) is 11.0 Å². The maximum Gasteiger partial charge on any atom is 0.416 e. The van der Waals surface area contributed by atoms with Gasteiger partial charge in [-0.3, -0.25) is 9.69 Å². The first-order valence-electron chi connectivity index (χ1n) is 14.1. The summed E-state index contributed by atoms with van der Waals surface area (Å²) < 4.78 is 45.9. The largest absolute Gasteiger partial charge is 0.424 e. The molecule has 14 heteroatoms. The molecule has 2 aromatic heterocycles. The fraction of sp³-hybridized carbons (Fsp3) is 0.300. The molecule has 0 atom stereocenters. The lowest BCUT2D eigenvalue weighted by Gasteiger charge is -2.26. The van der Waals surface area contributed by atoms with Gasteiger partial charge >= 0.3 is 18.2 Å². The van der Waals surface area contributed by atoms with Gasteiger partial charge in [0.05, 0.1) is 28.5 Å². The molecular formula is C30H28F3N7O3S. The molecule has 0 aliphatic carbocycles. The molecule has 2 aliphatic heterocycles. The van der Waals surface area contributed by atoms with Crippen molar-refractivity contribution in [2.75, 3.05) is 35.2 Å². The molecule has 0 radical (unpaired) electrons. The van der Waals surface area contributed by atoms with Crippen LogP contribution in [-0.4, -0.2) is 46.5 Å². The summed E-state index contributed by atoms with van der Waals surface area (Å²) in [5, 5.41) is 9.07. The molecule has 0 unspecified atom stereocenters. The fourth-order valence-electron chi connectivity index (χ4n) is 5.21. The highest BCUT2D eigenvalue weighted by molar-refractivity contribution is 7.19. The van der Waals surface area contributed by atoms with Gasteiger partial charge in [-0.05, 0) is 85.8 Å². The zero-order valence-electron chi connectivity index (χ0n) is 23.4. The summed E-state index contributed by atoms with van der Waals surface area (Å²) in [4.78, 5) is 40.1. The van der Waals surface area contributed by atoms with Crippen molar-refractivity contribution in [1.29, 1.82) is 0 Å². The highest BCUT2D eigenvalue weighted by Crippen LogP contribution is 2.37. The molecule has 4 heterocycles. The number of thiazole rings is 1. The summed E-state index contributed by atoms with van der Waals surface area (Å²) in [6, 6.07) is 10.0. The van der Waals surface area contributed by atoms with E-state index in [4.69, 9.17) is 4.74 Å². The van der Waals surface area contributed by atoms with Crippen molar-refractivity contribution in [3.8, 4) is 22.2 Å². The van der Waals surface area contributed by atoms with Crippen LogP contribution in [0.4, 0.5) is 34.5 Å². The number of urea groups is 1. The van der Waals surface area contributed by atoms with E-state index in [1.54, 1.807) is 23.2 Å². The Morgan fingerprint density at radius 2 is 1.75 bits per heavy atom. The fourth-order valence-corrected chi connectivity index (χ4v) is 6.18. The van der Waals surface area contributed by atoms with E-state index in [2.05, 4.69) is 30.9 Å². The molecule has 10 nitrogen and oxygen atoms in total. The molecule has 0 bridgehead atoms. The van der Waals surface area contributed by atoms with Gasteiger partial charge in [-0.1, -0.05) is 17.4 Å². The zero-order valence-corrected chi connectivity index (χ0v) is 24.2. The molecule has 3 N–H and O–H groups in total. The number of hydrogen-bond acceptors (Lipinski definition) is 8. The van der Waals surface area contributed by atoms with Crippen LogP contribution in [0.3, 0.4) is 0 Å². The van der Waals surface area contributed by atoms with E-state index in [1.165, 1.54) is 29.8 Å². The highest BCUT2D eigenvalue weighted by Gasteiger charge is 2.32. The van der Waals surface area contributed by atoms with E-state index in [-0.39, 0.29) is 29.2 Å². The second-order valence-electron chi connectivity index (χ2n) is 10.4. The van der Waals surface area contributed by atoms with Crippen LogP contribution in [0.1, 0.15) is 42.7 Å². The molecule has 2 aromatic carbocycles. The van der Waals surface area contributed by atoms with Gasteiger partial charge in [-0.15, -0.1) is 0 Å². The number of nitrogens with one attached hydrogen (secondary N) is 3. The Morgan fingerprint density at radius 3 is 2.43 bits per heavy atom. The van der Waals surface area contributed by atoms with Gasteiger partial charge < -0.3 is 20.7 Å². The van der Waals surface area contributed by atoms with Gasteiger partial charge in [0.2, 0.25) is 5.91 Å². The Kier molecular flexibility index (Phi) is 8.44. The first kappa shape index (κ1) is 29.5. The summed E-state index contributed by atoms with van der Waals surface area (Å²) in [5.41, 5.74) is 1.10. The third kappa shape index (κ3) is 6.81. The Labute approximate surface area is 254 Å². The zero-order chi connectivity index (χ0) is 30.7. The summed E-state index contributed by atoms with van der Waals surface area (Å²) in [6.07, 6.45) is 2.79. The third-order valence-electron chi connectivity index (χ3n) is 7.44. The van der Waals surface area contributed by atoms with Gasteiger partial charge in [0.1, 0.15) is 5.75 Å². The molecule has 0 saturated carbocycles. The minimum absolute atomic E-state index is 0.0303. The number of aromatic nitrogens is 3. The molecule has 4 aromatic rings. The summed E-state index contributed by atoms with van der Waals surface area (Å²) in [7, 11) is 0. The SMILES string of the molecule is O=C(Nc1cnc(Oc2ccc(-c3cnc(N4CCCC4=O)s3)cc2)nc1)Nc1cc(C(F)(F)F)ccc1C1CCNCC1. The Morgan fingerprint density at radius 1 is 1.00 bits per heavy atom. The number of amides is 3. The molecule has 2 fully saturated rings. The number of alkyl halides is 3. The monoisotopic (exact) mass is 623 g/mol. The quantitative estimate of drug-likeness (QED) is 0.211. The maximum absolute atomic E-state index is 13.4. The van der Waals surface area contributed by atoms with E-state index in [0.29, 0.717) is 29.4 Å². The lowest BCUT2D eigenvalue weighted by molar-refractivity contribution is -0.137. The predicted octanol–water partition coefficient (Wildman–Crippen LogP) is 6.65. The van der Waals surface area contributed by atoms with Gasteiger partial charge in [0, 0.05) is 24.8 Å². The van der Waals surface area contributed by atoms with E-state index >= 15 is 0 Å². The first-order valence-corrected chi connectivity index (χ1v) is 14.9. The van der Waals surface area contributed by atoms with Gasteiger partial charge in [-0.2, -0.15) is 13.2 Å². The van der Waals surface area contributed by atoms with Crippen LogP contribution >= 0.6 is 11.3 Å². The Hall–Kier alpha value is -4.56. The molecular weight excluding hydrogens is 595 g/mol. The van der Waals surface area contributed by atoms with E-state index in [1.807, 2.05) is 12.1 Å². The van der Waals surface area contributed by atoms with Crippen molar-refractivity contribution in [3.05, 3.63) is 72.2 Å². The molecule has 2 saturated heterocycles. The number of hydrogen-bond donors (Lipinski definition) is 3. The number of benzene rings is 2. The van der Waals surface area contributed by atoms with Crippen molar-refractivity contribution < 1.29 is 27.5 Å². The Bertz CT molecular complexity index is 1640. The van der Waals surface area contributed by atoms with Crippen LogP contribution in [0.15, 0.2) is 61.1 Å². The minimum atomic E-state index is -4.54. The smallest absolute Gasteiger partial charge is 0.416 e. The van der Waals surface area contributed by atoms with Gasteiger partial charge in [-0.25, -0.2) is 19.7 Å². The van der Waals surface area contributed by atoms with Crippen molar-refractivity contribution in [3.63, 3.8) is 0 Å². The predicted molar refractivity (Wildman–Crippen MR) is 160 cm³/mol. The second kappa shape index (κ2) is 12.6. The van der Waals surface area contributed by atoms with Gasteiger partial charge in [0.25, 0.3) is 0 Å². The number of ether oxygens (including phenoxy) is 1. The maximum atomic E-state index is 13.4. The van der Waals surface area contributed by atoms with Crippen molar-refractivity contribution >= 4 is 39.8 Å². The molecule has 2 aliphatic rings. The van der Waals surface area contributed by atoms with Crippen LogP contribution in [0, 0.1) is 0 Å². The summed E-state index contributed by atoms with van der Waals surface area (Å²) >= 11 is 1.45. The summed E-state index contributed by atoms with van der Waals surface area (Å²) in [5.74, 6) is 0.610. The van der Waals surface area contributed by atoms with E-state index in [0.717, 1.165) is 54.9 Å². The van der Waals surface area contributed by atoms with Crippen LogP contribution in [0.5, 0.6) is 11.8 Å². The van der Waals surface area contributed by atoms with Gasteiger partial charge in [0.15, 0.2) is 5.13 Å². The second-order valence-corrected chi connectivity index (χ2v) is 11.4. The normalized spacial score (nSPS) is 15.8. The molecule has 228 valence electrons.